The largest absolute Gasteiger partial charge is 0.493 e. The van der Waals surface area contributed by atoms with Crippen molar-refractivity contribution in [3.8, 4) is 28.5 Å². The van der Waals surface area contributed by atoms with E-state index in [1.165, 1.54) is 6.07 Å². The average Bonchev–Trinajstić information content (AvgIpc) is 2.70. The number of benzene rings is 1. The van der Waals surface area contributed by atoms with Crippen molar-refractivity contribution in [1.82, 2.24) is 20.4 Å². The standard InChI is InChI=1S/C11H8N4O/c16-9-6-8-11(12-9)10(14-15-13-8)7-4-2-1-3-5-7/h1-6H,(H,12,16)(H,13,14). The van der Waals surface area contributed by atoms with E-state index in [0.29, 0.717) is 17.1 Å². The van der Waals surface area contributed by atoms with Gasteiger partial charge in [-0.1, -0.05) is 35.5 Å². The van der Waals surface area contributed by atoms with Crippen LogP contribution in [0.3, 0.4) is 0 Å². The van der Waals surface area contributed by atoms with Gasteiger partial charge in [-0.2, -0.15) is 0 Å². The van der Waals surface area contributed by atoms with Crippen LogP contribution in [0.4, 0.5) is 0 Å². The molecule has 2 aliphatic heterocycles. The van der Waals surface area contributed by atoms with E-state index in [1.807, 2.05) is 30.3 Å². The fourth-order valence-corrected chi connectivity index (χ4v) is 1.64. The Balaban J connectivity index is 2.26. The molecule has 0 aliphatic carbocycles. The van der Waals surface area contributed by atoms with Gasteiger partial charge < -0.3 is 5.11 Å². The van der Waals surface area contributed by atoms with Gasteiger partial charge in [-0.05, 0) is 0 Å². The molecule has 3 rings (SSSR count). The third-order valence-corrected chi connectivity index (χ3v) is 2.35. The lowest BCUT2D eigenvalue weighted by Crippen LogP contribution is -1.96. The van der Waals surface area contributed by atoms with E-state index in [0.717, 1.165) is 5.56 Å². The maximum Gasteiger partial charge on any atom is 0.213 e. The first-order valence-electron chi connectivity index (χ1n) is 4.81. The minimum absolute atomic E-state index is 0.0294. The Labute approximate surface area is 91.1 Å². The van der Waals surface area contributed by atoms with Crippen LogP contribution in [0.1, 0.15) is 0 Å². The summed E-state index contributed by atoms with van der Waals surface area (Å²) < 4.78 is 0. The molecule has 2 aliphatic rings. The Bertz CT molecular complexity index is 590. The molecule has 2 N–H and O–H groups in total. The monoisotopic (exact) mass is 212 g/mol. The highest BCUT2D eigenvalue weighted by molar-refractivity contribution is 5.77. The summed E-state index contributed by atoms with van der Waals surface area (Å²) in [4.78, 5) is 4.01. The van der Waals surface area contributed by atoms with Crippen molar-refractivity contribution in [3.63, 3.8) is 0 Å². The second-order valence-corrected chi connectivity index (χ2v) is 3.40. The number of aromatic amines is 1. The molecule has 0 saturated carbocycles. The molecule has 0 amide bonds. The molecule has 5 nitrogen and oxygen atoms in total. The van der Waals surface area contributed by atoms with Gasteiger partial charge in [0.25, 0.3) is 0 Å². The second-order valence-electron chi connectivity index (χ2n) is 3.40. The molecule has 0 aromatic heterocycles. The Kier molecular flexibility index (Phi) is 1.83. The number of nitrogens with one attached hydrogen (secondary N) is 1. The van der Waals surface area contributed by atoms with Crippen molar-refractivity contribution in [2.45, 2.75) is 0 Å². The minimum Gasteiger partial charge on any atom is -0.493 e. The van der Waals surface area contributed by atoms with Gasteiger partial charge in [0.1, 0.15) is 11.4 Å². The Hall–Kier alpha value is -2.43. The summed E-state index contributed by atoms with van der Waals surface area (Å²) in [5.74, 6) is -0.0294. The summed E-state index contributed by atoms with van der Waals surface area (Å²) in [6.07, 6.45) is 0. The van der Waals surface area contributed by atoms with Crippen LogP contribution < -0.4 is 0 Å². The lowest BCUT2D eigenvalue weighted by Gasteiger charge is -2.03. The van der Waals surface area contributed by atoms with Gasteiger partial charge in [-0.25, -0.2) is 4.98 Å². The zero-order chi connectivity index (χ0) is 11.0. The molecule has 0 fully saturated rings. The molecule has 0 atom stereocenters. The van der Waals surface area contributed by atoms with Crippen LogP contribution in [0.5, 0.6) is 5.88 Å². The summed E-state index contributed by atoms with van der Waals surface area (Å²) in [6.45, 7) is 0. The van der Waals surface area contributed by atoms with Crippen molar-refractivity contribution in [2.24, 2.45) is 0 Å². The predicted molar refractivity (Wildman–Crippen MR) is 57.9 cm³/mol. The molecule has 0 unspecified atom stereocenters. The number of hydrogen-bond donors (Lipinski definition) is 2. The van der Waals surface area contributed by atoms with Crippen LogP contribution in [0, 0.1) is 0 Å². The topological polar surface area (TPSA) is 74.7 Å². The minimum atomic E-state index is -0.0294. The fraction of sp³-hybridized carbons (Fsp3) is 0. The summed E-state index contributed by atoms with van der Waals surface area (Å²) >= 11 is 0. The first-order valence-corrected chi connectivity index (χ1v) is 4.81. The number of nitrogens with zero attached hydrogens (tertiary/aromatic N) is 3. The van der Waals surface area contributed by atoms with Crippen LogP contribution in [0.25, 0.3) is 22.6 Å². The average molecular weight is 212 g/mol. The number of H-pyrrole nitrogens is 1. The first-order chi connectivity index (χ1) is 7.84. The van der Waals surface area contributed by atoms with Crippen molar-refractivity contribution in [1.29, 1.82) is 0 Å². The first kappa shape index (κ1) is 8.84. The zero-order valence-corrected chi connectivity index (χ0v) is 8.25. The number of hydrogen-bond acceptors (Lipinski definition) is 4. The molecule has 16 heavy (non-hydrogen) atoms. The maximum absolute atomic E-state index is 9.34. The summed E-state index contributed by atoms with van der Waals surface area (Å²) in [6, 6.07) is 11.1. The number of aromatic nitrogens is 4. The highest BCUT2D eigenvalue weighted by atomic mass is 16.3. The molecule has 2 heterocycles. The van der Waals surface area contributed by atoms with E-state index in [9.17, 15) is 5.11 Å². The second kappa shape index (κ2) is 3.30. The predicted octanol–water partition coefficient (Wildman–Crippen LogP) is 1.68. The van der Waals surface area contributed by atoms with Gasteiger partial charge in [0, 0.05) is 11.6 Å². The van der Waals surface area contributed by atoms with E-state index in [-0.39, 0.29) is 5.88 Å². The van der Waals surface area contributed by atoms with E-state index in [4.69, 9.17) is 0 Å². The molecule has 0 spiro atoms. The van der Waals surface area contributed by atoms with Gasteiger partial charge in [-0.15, -0.1) is 5.10 Å². The Morgan fingerprint density at radius 3 is 2.69 bits per heavy atom. The zero-order valence-electron chi connectivity index (χ0n) is 8.25. The summed E-state index contributed by atoms with van der Waals surface area (Å²) in [5, 5.41) is 19.8. The molecule has 1 aromatic carbocycles. The molecular formula is C11H8N4O. The van der Waals surface area contributed by atoms with Crippen molar-refractivity contribution >= 4 is 0 Å². The lowest BCUT2D eigenvalue weighted by molar-refractivity contribution is 0.458. The smallest absolute Gasteiger partial charge is 0.213 e. The van der Waals surface area contributed by atoms with Crippen molar-refractivity contribution < 1.29 is 5.11 Å². The number of aromatic hydroxyl groups is 1. The Morgan fingerprint density at radius 2 is 1.88 bits per heavy atom. The molecule has 1 aromatic rings. The van der Waals surface area contributed by atoms with Crippen LogP contribution >= 0.6 is 0 Å². The lowest BCUT2D eigenvalue weighted by atomic mass is 10.1. The highest BCUT2D eigenvalue weighted by Gasteiger charge is 2.16. The third kappa shape index (κ3) is 1.30. The number of fused-ring (bicyclic) bond motifs is 1. The quantitative estimate of drug-likeness (QED) is 0.643. The maximum atomic E-state index is 9.34. The van der Waals surface area contributed by atoms with E-state index in [2.05, 4.69) is 20.4 Å². The number of rotatable bonds is 1. The van der Waals surface area contributed by atoms with Gasteiger partial charge in [0.15, 0.2) is 0 Å². The third-order valence-electron chi connectivity index (χ3n) is 2.35. The van der Waals surface area contributed by atoms with Crippen LogP contribution in [0.15, 0.2) is 36.4 Å². The van der Waals surface area contributed by atoms with Gasteiger partial charge in [0.05, 0.1) is 5.69 Å². The molecule has 0 radical (unpaired) electrons. The summed E-state index contributed by atoms with van der Waals surface area (Å²) in [7, 11) is 0. The summed E-state index contributed by atoms with van der Waals surface area (Å²) in [5.41, 5.74) is 2.88. The van der Waals surface area contributed by atoms with Crippen LogP contribution in [0.2, 0.25) is 0 Å². The molecule has 5 heteroatoms. The van der Waals surface area contributed by atoms with Gasteiger partial charge in [0.2, 0.25) is 5.88 Å². The fourth-order valence-electron chi connectivity index (χ4n) is 1.64. The van der Waals surface area contributed by atoms with Crippen molar-refractivity contribution in [2.75, 3.05) is 0 Å². The molecule has 0 saturated heterocycles. The Morgan fingerprint density at radius 1 is 1.06 bits per heavy atom. The van der Waals surface area contributed by atoms with E-state index in [1.54, 1.807) is 0 Å². The van der Waals surface area contributed by atoms with Gasteiger partial charge >= 0.3 is 0 Å². The molecular weight excluding hydrogens is 204 g/mol. The van der Waals surface area contributed by atoms with Crippen LogP contribution in [-0.2, 0) is 0 Å². The van der Waals surface area contributed by atoms with E-state index < -0.39 is 0 Å². The van der Waals surface area contributed by atoms with Gasteiger partial charge in [-0.3, -0.25) is 5.10 Å². The molecule has 78 valence electrons. The highest BCUT2D eigenvalue weighted by Crippen LogP contribution is 2.30. The molecule has 0 bridgehead atoms. The van der Waals surface area contributed by atoms with Crippen LogP contribution in [-0.4, -0.2) is 25.5 Å². The normalized spacial score (nSPS) is 10.8. The van der Waals surface area contributed by atoms with Crippen molar-refractivity contribution in [3.05, 3.63) is 36.4 Å². The van der Waals surface area contributed by atoms with E-state index >= 15 is 0 Å². The SMILES string of the molecule is Oc1cc2[nH]nnc(-c3ccccc3)c-2n1.